The molecule has 184 valence electrons. The molecule has 0 aliphatic carbocycles. The summed E-state index contributed by atoms with van der Waals surface area (Å²) in [5.41, 5.74) is -1.57. The molecular weight excluding hydrogens is 456 g/mol. The van der Waals surface area contributed by atoms with Crippen LogP contribution in [0.5, 0.6) is 0 Å². The van der Waals surface area contributed by atoms with Crippen LogP contribution in [0.2, 0.25) is 0 Å². The minimum absolute atomic E-state index is 0.0455. The number of nitrogens with one attached hydrogen (secondary N) is 3. The molecule has 1 aromatic carbocycles. The number of aromatic amines is 2. The highest BCUT2D eigenvalue weighted by Crippen LogP contribution is 2.31. The fourth-order valence-electron chi connectivity index (χ4n) is 4.35. The van der Waals surface area contributed by atoms with Crippen molar-refractivity contribution in [3.05, 3.63) is 40.8 Å². The van der Waals surface area contributed by atoms with Crippen molar-refractivity contribution in [1.29, 1.82) is 0 Å². The molecule has 1 aliphatic heterocycles. The van der Waals surface area contributed by atoms with Crippen molar-refractivity contribution in [3.63, 3.8) is 0 Å². The number of fused-ring (bicyclic) bond motifs is 3. The first-order valence-electron chi connectivity index (χ1n) is 11.4. The van der Waals surface area contributed by atoms with Gasteiger partial charge in [0.05, 0.1) is 4.90 Å². The Labute approximate surface area is 198 Å². The lowest BCUT2D eigenvalue weighted by Crippen LogP contribution is -2.57. The molecule has 3 heterocycles. The number of esters is 1. The highest BCUT2D eigenvalue weighted by molar-refractivity contribution is 7.89. The summed E-state index contributed by atoms with van der Waals surface area (Å²) in [4.78, 5) is 31.2. The van der Waals surface area contributed by atoms with Crippen LogP contribution in [0.4, 0.5) is 0 Å². The third kappa shape index (κ3) is 4.49. The summed E-state index contributed by atoms with van der Waals surface area (Å²) in [6.07, 6.45) is 3.41. The topological polar surface area (TPSA) is 124 Å². The highest BCUT2D eigenvalue weighted by atomic mass is 32.2. The second kappa shape index (κ2) is 8.51. The summed E-state index contributed by atoms with van der Waals surface area (Å²) in [6.45, 7) is 9.37. The number of sulfonamides is 1. The maximum absolute atomic E-state index is 14.0. The van der Waals surface area contributed by atoms with Gasteiger partial charge in [0, 0.05) is 35.1 Å². The molecule has 34 heavy (non-hydrogen) atoms. The summed E-state index contributed by atoms with van der Waals surface area (Å²) in [5.74, 6) is -0.611. The first-order valence-corrected chi connectivity index (χ1v) is 12.9. The van der Waals surface area contributed by atoms with Crippen LogP contribution in [0.3, 0.4) is 0 Å². The van der Waals surface area contributed by atoms with E-state index >= 15 is 0 Å². The van der Waals surface area contributed by atoms with E-state index in [0.717, 1.165) is 19.4 Å². The first kappa shape index (κ1) is 24.4. The van der Waals surface area contributed by atoms with E-state index in [9.17, 15) is 18.0 Å². The Morgan fingerprint density at radius 1 is 1.15 bits per heavy atom. The third-order valence-electron chi connectivity index (χ3n) is 6.16. The predicted octanol–water partition coefficient (Wildman–Crippen LogP) is 2.87. The maximum Gasteiger partial charge on any atom is 0.327 e. The standard InChI is InChI=1S/C24H32N4O5S/c1-23(2,3)33-22(30)24(4,5)28(14-15-7-6-11-25-15)34(31,32)16-8-9-19-18(13-16)17-10-12-26-20(17)21(29)27-19/h8-10,12-13,15,25-26H,6-7,11,14H2,1-5H3,(H,27,29)/t15-/m0/s1. The van der Waals surface area contributed by atoms with Crippen LogP contribution in [0.1, 0.15) is 47.5 Å². The summed E-state index contributed by atoms with van der Waals surface area (Å²) < 4.78 is 34.9. The lowest BCUT2D eigenvalue weighted by atomic mass is 10.0. The van der Waals surface area contributed by atoms with Crippen LogP contribution >= 0.6 is 0 Å². The van der Waals surface area contributed by atoms with E-state index in [1.807, 2.05) is 0 Å². The molecule has 1 aliphatic rings. The van der Waals surface area contributed by atoms with Gasteiger partial charge in [0.2, 0.25) is 10.0 Å². The molecular formula is C24H32N4O5S. The van der Waals surface area contributed by atoms with Crippen molar-refractivity contribution in [1.82, 2.24) is 19.6 Å². The number of carbonyl (C=O) groups excluding carboxylic acids is 1. The molecule has 1 atom stereocenters. The summed E-state index contributed by atoms with van der Waals surface area (Å²) in [5, 5.41) is 4.56. The largest absolute Gasteiger partial charge is 0.459 e. The Kier molecular flexibility index (Phi) is 6.12. The molecule has 0 saturated carbocycles. The van der Waals surface area contributed by atoms with Gasteiger partial charge in [-0.1, -0.05) is 0 Å². The number of hydrogen-bond donors (Lipinski definition) is 3. The molecule has 1 saturated heterocycles. The number of benzene rings is 1. The van der Waals surface area contributed by atoms with Crippen LogP contribution < -0.4 is 10.9 Å². The number of ether oxygens (including phenoxy) is 1. The molecule has 4 rings (SSSR count). The van der Waals surface area contributed by atoms with Crippen molar-refractivity contribution in [2.24, 2.45) is 0 Å². The van der Waals surface area contributed by atoms with Gasteiger partial charge < -0.3 is 20.0 Å². The van der Waals surface area contributed by atoms with E-state index in [1.54, 1.807) is 59.0 Å². The second-order valence-electron chi connectivity index (χ2n) is 10.3. The van der Waals surface area contributed by atoms with Crippen molar-refractivity contribution in [2.45, 2.75) is 69.5 Å². The minimum atomic E-state index is -4.11. The lowest BCUT2D eigenvalue weighted by molar-refractivity contribution is -0.165. The van der Waals surface area contributed by atoms with Crippen LogP contribution in [0.25, 0.3) is 21.8 Å². The fourth-order valence-corrected chi connectivity index (χ4v) is 6.17. The molecule has 3 N–H and O–H groups in total. The van der Waals surface area contributed by atoms with Crippen molar-refractivity contribution in [3.8, 4) is 0 Å². The molecule has 0 unspecified atom stereocenters. The molecule has 0 amide bonds. The van der Waals surface area contributed by atoms with Gasteiger partial charge in [-0.25, -0.2) is 8.42 Å². The Balaban J connectivity index is 1.82. The van der Waals surface area contributed by atoms with E-state index < -0.39 is 27.1 Å². The van der Waals surface area contributed by atoms with Gasteiger partial charge in [0.25, 0.3) is 5.56 Å². The Bertz CT molecular complexity index is 1390. The zero-order chi connectivity index (χ0) is 24.9. The zero-order valence-corrected chi connectivity index (χ0v) is 21.0. The average Bonchev–Trinajstić information content (AvgIpc) is 3.42. The van der Waals surface area contributed by atoms with Crippen molar-refractivity contribution < 1.29 is 17.9 Å². The number of H-pyrrole nitrogens is 2. The number of carbonyl (C=O) groups is 1. The third-order valence-corrected chi connectivity index (χ3v) is 8.20. The van der Waals surface area contributed by atoms with E-state index in [-0.39, 0.29) is 23.0 Å². The van der Waals surface area contributed by atoms with E-state index in [4.69, 9.17) is 4.74 Å². The van der Waals surface area contributed by atoms with Gasteiger partial charge in [-0.15, -0.1) is 0 Å². The van der Waals surface area contributed by atoms with Gasteiger partial charge in [-0.05, 0) is 78.3 Å². The zero-order valence-electron chi connectivity index (χ0n) is 20.2. The monoisotopic (exact) mass is 488 g/mol. The number of pyridine rings is 1. The first-order chi connectivity index (χ1) is 15.8. The van der Waals surface area contributed by atoms with Crippen LogP contribution in [0.15, 0.2) is 40.2 Å². The minimum Gasteiger partial charge on any atom is -0.459 e. The molecule has 10 heteroatoms. The van der Waals surface area contributed by atoms with Gasteiger partial charge in [0.1, 0.15) is 16.7 Å². The quantitative estimate of drug-likeness (QED) is 0.458. The smallest absolute Gasteiger partial charge is 0.327 e. The number of rotatable bonds is 6. The fraction of sp³-hybridized carbons (Fsp3) is 0.500. The SMILES string of the molecule is CC(C)(C)OC(=O)C(C)(C)N(C[C@@H]1CCCN1)S(=O)(=O)c1ccc2[nH]c(=O)c3[nH]ccc3c2c1. The predicted molar refractivity (Wildman–Crippen MR) is 131 cm³/mol. The maximum atomic E-state index is 14.0. The number of hydrogen-bond acceptors (Lipinski definition) is 6. The van der Waals surface area contributed by atoms with E-state index in [1.165, 1.54) is 10.4 Å². The van der Waals surface area contributed by atoms with E-state index in [0.29, 0.717) is 21.8 Å². The van der Waals surface area contributed by atoms with Gasteiger partial charge in [-0.3, -0.25) is 9.59 Å². The lowest BCUT2D eigenvalue weighted by Gasteiger charge is -2.38. The van der Waals surface area contributed by atoms with Crippen LogP contribution in [-0.2, 0) is 19.6 Å². The molecule has 0 radical (unpaired) electrons. The summed E-state index contributed by atoms with van der Waals surface area (Å²) >= 11 is 0. The van der Waals surface area contributed by atoms with Gasteiger partial charge in [0.15, 0.2) is 0 Å². The van der Waals surface area contributed by atoms with Crippen molar-refractivity contribution >= 4 is 37.8 Å². The normalized spacial score (nSPS) is 17.6. The van der Waals surface area contributed by atoms with Gasteiger partial charge in [-0.2, -0.15) is 4.31 Å². The summed E-state index contributed by atoms with van der Waals surface area (Å²) in [7, 11) is -4.11. The van der Waals surface area contributed by atoms with Crippen LogP contribution in [-0.4, -0.2) is 58.9 Å². The summed E-state index contributed by atoms with van der Waals surface area (Å²) in [6, 6.07) is 6.28. The van der Waals surface area contributed by atoms with Crippen LogP contribution in [0, 0.1) is 0 Å². The molecule has 2 aromatic heterocycles. The molecule has 0 spiro atoms. The number of aromatic nitrogens is 2. The molecule has 9 nitrogen and oxygen atoms in total. The number of nitrogens with zero attached hydrogens (tertiary/aromatic N) is 1. The molecule has 0 bridgehead atoms. The van der Waals surface area contributed by atoms with Gasteiger partial charge >= 0.3 is 5.97 Å². The molecule has 1 fully saturated rings. The highest BCUT2D eigenvalue weighted by Gasteiger charge is 2.46. The van der Waals surface area contributed by atoms with E-state index in [2.05, 4.69) is 15.3 Å². The average molecular weight is 489 g/mol. The van der Waals surface area contributed by atoms with Crippen molar-refractivity contribution in [2.75, 3.05) is 13.1 Å². The Morgan fingerprint density at radius 3 is 2.53 bits per heavy atom. The second-order valence-corrected chi connectivity index (χ2v) is 12.2. The Morgan fingerprint density at radius 2 is 1.88 bits per heavy atom. The molecule has 3 aromatic rings. The Hall–Kier alpha value is -2.69.